The van der Waals surface area contributed by atoms with Crippen LogP contribution in [0.5, 0.6) is 5.75 Å². The van der Waals surface area contributed by atoms with Crippen LogP contribution in [0, 0.1) is 0 Å². The minimum absolute atomic E-state index is 0.241. The Morgan fingerprint density at radius 2 is 1.76 bits per heavy atom. The van der Waals surface area contributed by atoms with Gasteiger partial charge in [-0.2, -0.15) is 4.98 Å². The molecule has 21 heavy (non-hydrogen) atoms. The van der Waals surface area contributed by atoms with Crippen LogP contribution >= 0.6 is 15.9 Å². The zero-order chi connectivity index (χ0) is 14.7. The van der Waals surface area contributed by atoms with Crippen LogP contribution < -0.4 is 0 Å². The van der Waals surface area contributed by atoms with Crippen LogP contribution in [0.15, 0.2) is 57.5 Å². The molecule has 4 nitrogen and oxygen atoms in total. The molecule has 0 bridgehead atoms. The number of hydrogen-bond donors (Lipinski definition) is 1. The third-order valence-electron chi connectivity index (χ3n) is 3.12. The fraction of sp³-hybridized carbons (Fsp3) is 0.125. The first-order chi connectivity index (χ1) is 10.2. The van der Waals surface area contributed by atoms with Crippen molar-refractivity contribution in [2.45, 2.75) is 12.8 Å². The molecule has 0 spiro atoms. The van der Waals surface area contributed by atoms with E-state index in [1.54, 1.807) is 12.1 Å². The van der Waals surface area contributed by atoms with Crippen molar-refractivity contribution in [2.75, 3.05) is 0 Å². The van der Waals surface area contributed by atoms with Gasteiger partial charge in [0.2, 0.25) is 5.89 Å². The van der Waals surface area contributed by atoms with Crippen molar-refractivity contribution in [3.8, 4) is 5.75 Å². The van der Waals surface area contributed by atoms with Crippen molar-refractivity contribution in [3.05, 3.63) is 75.8 Å². The molecule has 0 saturated heterocycles. The number of phenolic OH excluding ortho intramolecular Hbond substituents is 1. The third-order valence-corrected chi connectivity index (χ3v) is 3.65. The van der Waals surface area contributed by atoms with E-state index in [0.717, 1.165) is 15.6 Å². The highest BCUT2D eigenvalue weighted by Gasteiger charge is 2.10. The summed E-state index contributed by atoms with van der Waals surface area (Å²) < 4.78 is 6.28. The molecule has 5 heteroatoms. The van der Waals surface area contributed by atoms with Gasteiger partial charge in [-0.15, -0.1) is 0 Å². The number of aromatic nitrogens is 2. The number of nitrogens with zero attached hydrogens (tertiary/aromatic N) is 2. The lowest BCUT2D eigenvalue weighted by Crippen LogP contribution is -1.92. The SMILES string of the molecule is Oc1ccccc1Cc1nc(Cc2ccc(Br)cc2)no1. The molecular formula is C16H13BrN2O2. The van der Waals surface area contributed by atoms with E-state index in [1.807, 2.05) is 36.4 Å². The van der Waals surface area contributed by atoms with Gasteiger partial charge in [0.1, 0.15) is 5.75 Å². The maximum atomic E-state index is 9.75. The second kappa shape index (κ2) is 6.10. The van der Waals surface area contributed by atoms with E-state index in [1.165, 1.54) is 0 Å². The average molecular weight is 345 g/mol. The molecule has 2 aromatic carbocycles. The number of hydrogen-bond acceptors (Lipinski definition) is 4. The van der Waals surface area contributed by atoms with Crippen molar-refractivity contribution in [2.24, 2.45) is 0 Å². The van der Waals surface area contributed by atoms with Crippen molar-refractivity contribution in [1.29, 1.82) is 0 Å². The largest absolute Gasteiger partial charge is 0.508 e. The lowest BCUT2D eigenvalue weighted by molar-refractivity contribution is 0.378. The molecule has 3 rings (SSSR count). The Morgan fingerprint density at radius 1 is 1.00 bits per heavy atom. The second-order valence-electron chi connectivity index (χ2n) is 4.71. The summed E-state index contributed by atoms with van der Waals surface area (Å²) in [6.07, 6.45) is 1.05. The summed E-state index contributed by atoms with van der Waals surface area (Å²) in [7, 11) is 0. The maximum absolute atomic E-state index is 9.75. The number of aromatic hydroxyl groups is 1. The Kier molecular flexibility index (Phi) is 4.01. The summed E-state index contributed by atoms with van der Waals surface area (Å²) >= 11 is 3.41. The van der Waals surface area contributed by atoms with Gasteiger partial charge in [0.15, 0.2) is 5.82 Å². The first-order valence-electron chi connectivity index (χ1n) is 6.53. The van der Waals surface area contributed by atoms with Crippen molar-refractivity contribution >= 4 is 15.9 Å². The lowest BCUT2D eigenvalue weighted by Gasteiger charge is -1.99. The van der Waals surface area contributed by atoms with Gasteiger partial charge in [0.05, 0.1) is 6.42 Å². The van der Waals surface area contributed by atoms with E-state index >= 15 is 0 Å². The van der Waals surface area contributed by atoms with E-state index in [2.05, 4.69) is 26.1 Å². The molecule has 0 aliphatic heterocycles. The fourth-order valence-electron chi connectivity index (χ4n) is 2.04. The van der Waals surface area contributed by atoms with Crippen molar-refractivity contribution in [3.63, 3.8) is 0 Å². The lowest BCUT2D eigenvalue weighted by atomic mass is 10.1. The van der Waals surface area contributed by atoms with Crippen LogP contribution in [0.25, 0.3) is 0 Å². The summed E-state index contributed by atoms with van der Waals surface area (Å²) in [5.74, 6) is 1.39. The van der Waals surface area contributed by atoms with Gasteiger partial charge in [0.25, 0.3) is 0 Å². The Balaban J connectivity index is 1.72. The average Bonchev–Trinajstić information content (AvgIpc) is 2.91. The maximum Gasteiger partial charge on any atom is 0.231 e. The Morgan fingerprint density at radius 3 is 2.52 bits per heavy atom. The third kappa shape index (κ3) is 3.49. The van der Waals surface area contributed by atoms with Gasteiger partial charge in [-0.05, 0) is 23.8 Å². The van der Waals surface area contributed by atoms with E-state index in [4.69, 9.17) is 4.52 Å². The quantitative estimate of drug-likeness (QED) is 0.783. The van der Waals surface area contributed by atoms with Gasteiger partial charge in [-0.3, -0.25) is 0 Å². The summed E-state index contributed by atoms with van der Waals surface area (Å²) in [6.45, 7) is 0. The number of halogens is 1. The summed E-state index contributed by atoms with van der Waals surface area (Å²) in [4.78, 5) is 4.36. The van der Waals surface area contributed by atoms with E-state index in [9.17, 15) is 5.11 Å². The van der Waals surface area contributed by atoms with Gasteiger partial charge in [-0.25, -0.2) is 0 Å². The molecule has 1 heterocycles. The molecule has 0 amide bonds. The van der Waals surface area contributed by atoms with Crippen LogP contribution in [0.3, 0.4) is 0 Å². The van der Waals surface area contributed by atoms with Gasteiger partial charge in [0, 0.05) is 16.5 Å². The topological polar surface area (TPSA) is 59.2 Å². The summed E-state index contributed by atoms with van der Waals surface area (Å²) in [5.41, 5.74) is 1.89. The smallest absolute Gasteiger partial charge is 0.231 e. The molecule has 0 aliphatic rings. The standard InChI is InChI=1S/C16H13BrN2O2/c17-13-7-5-11(6-8-13)9-15-18-16(21-19-15)10-12-3-1-2-4-14(12)20/h1-8,20H,9-10H2. The predicted octanol–water partition coefficient (Wildman–Crippen LogP) is 3.72. The van der Waals surface area contributed by atoms with Gasteiger partial charge < -0.3 is 9.63 Å². The molecule has 1 N–H and O–H groups in total. The molecule has 0 radical (unpaired) electrons. The monoisotopic (exact) mass is 344 g/mol. The summed E-state index contributed by atoms with van der Waals surface area (Å²) in [6, 6.07) is 15.1. The highest BCUT2D eigenvalue weighted by molar-refractivity contribution is 9.10. The van der Waals surface area contributed by atoms with E-state index in [-0.39, 0.29) is 5.75 Å². The molecule has 0 fully saturated rings. The van der Waals surface area contributed by atoms with Crippen LogP contribution in [-0.4, -0.2) is 15.2 Å². The first kappa shape index (κ1) is 13.8. The van der Waals surface area contributed by atoms with Crippen molar-refractivity contribution < 1.29 is 9.63 Å². The van der Waals surface area contributed by atoms with E-state index < -0.39 is 0 Å². The number of para-hydroxylation sites is 1. The highest BCUT2D eigenvalue weighted by atomic mass is 79.9. The fourth-order valence-corrected chi connectivity index (χ4v) is 2.31. The minimum atomic E-state index is 0.241. The van der Waals surface area contributed by atoms with Crippen LogP contribution in [0.1, 0.15) is 22.8 Å². The zero-order valence-electron chi connectivity index (χ0n) is 11.2. The normalized spacial score (nSPS) is 10.7. The summed E-state index contributed by atoms with van der Waals surface area (Å²) in [5, 5.41) is 13.7. The van der Waals surface area contributed by atoms with E-state index in [0.29, 0.717) is 24.6 Å². The Labute approximate surface area is 130 Å². The number of phenols is 1. The van der Waals surface area contributed by atoms with Crippen LogP contribution in [0.4, 0.5) is 0 Å². The van der Waals surface area contributed by atoms with Crippen molar-refractivity contribution in [1.82, 2.24) is 10.1 Å². The molecule has 0 unspecified atom stereocenters. The van der Waals surface area contributed by atoms with Gasteiger partial charge in [-0.1, -0.05) is 51.4 Å². The van der Waals surface area contributed by atoms with Crippen LogP contribution in [0.2, 0.25) is 0 Å². The Bertz CT molecular complexity index is 738. The minimum Gasteiger partial charge on any atom is -0.508 e. The molecule has 0 saturated carbocycles. The second-order valence-corrected chi connectivity index (χ2v) is 5.63. The molecule has 106 valence electrons. The molecule has 0 atom stereocenters. The van der Waals surface area contributed by atoms with Crippen LogP contribution in [-0.2, 0) is 12.8 Å². The van der Waals surface area contributed by atoms with Gasteiger partial charge >= 0.3 is 0 Å². The first-order valence-corrected chi connectivity index (χ1v) is 7.33. The Hall–Kier alpha value is -2.14. The molecule has 3 aromatic rings. The zero-order valence-corrected chi connectivity index (χ0v) is 12.7. The number of rotatable bonds is 4. The number of benzene rings is 2. The molecular weight excluding hydrogens is 332 g/mol. The molecule has 0 aliphatic carbocycles. The highest BCUT2D eigenvalue weighted by Crippen LogP contribution is 2.19. The predicted molar refractivity (Wildman–Crippen MR) is 82.2 cm³/mol. The molecule has 1 aromatic heterocycles.